The van der Waals surface area contributed by atoms with Gasteiger partial charge in [0.1, 0.15) is 0 Å². The summed E-state index contributed by atoms with van der Waals surface area (Å²) in [4.78, 5) is 2.27. The van der Waals surface area contributed by atoms with Gasteiger partial charge in [0.15, 0.2) is 0 Å². The summed E-state index contributed by atoms with van der Waals surface area (Å²) in [5, 5.41) is 13.0. The Kier molecular flexibility index (Phi) is 4.24. The number of ether oxygens (including phenoxy) is 1. The molecule has 4 heteroatoms. The van der Waals surface area contributed by atoms with Crippen LogP contribution in [0.15, 0.2) is 18.2 Å². The third kappa shape index (κ3) is 3.14. The van der Waals surface area contributed by atoms with Crippen LogP contribution in [0.25, 0.3) is 0 Å². The first-order valence-electron chi connectivity index (χ1n) is 7.56. The van der Waals surface area contributed by atoms with E-state index in [4.69, 9.17) is 4.74 Å². The number of aliphatic hydroxyl groups is 1. The summed E-state index contributed by atoms with van der Waals surface area (Å²) in [6.45, 7) is 5.45. The van der Waals surface area contributed by atoms with Crippen molar-refractivity contribution in [1.82, 2.24) is 5.32 Å². The van der Waals surface area contributed by atoms with Gasteiger partial charge < -0.3 is 20.1 Å². The van der Waals surface area contributed by atoms with Crippen molar-refractivity contribution in [1.29, 1.82) is 0 Å². The fraction of sp³-hybridized carbons (Fsp3) is 0.625. The summed E-state index contributed by atoms with van der Waals surface area (Å²) in [7, 11) is 0. The van der Waals surface area contributed by atoms with Crippen molar-refractivity contribution in [3.05, 3.63) is 29.3 Å². The number of anilines is 1. The van der Waals surface area contributed by atoms with Gasteiger partial charge in [0, 0.05) is 24.8 Å². The molecular weight excluding hydrogens is 252 g/mol. The predicted octanol–water partition coefficient (Wildman–Crippen LogP) is 1.44. The lowest BCUT2D eigenvalue weighted by molar-refractivity contribution is 0.0726. The molecule has 3 rings (SSSR count). The van der Waals surface area contributed by atoms with Gasteiger partial charge in [-0.3, -0.25) is 0 Å². The number of nitrogens with one attached hydrogen (secondary N) is 1. The Balaban J connectivity index is 1.71. The molecule has 2 N–H and O–H groups in total. The molecule has 1 atom stereocenters. The Morgan fingerprint density at radius 1 is 1.40 bits per heavy atom. The van der Waals surface area contributed by atoms with Gasteiger partial charge in [-0.25, -0.2) is 0 Å². The van der Waals surface area contributed by atoms with E-state index >= 15 is 0 Å². The second-order valence-corrected chi connectivity index (χ2v) is 5.88. The summed E-state index contributed by atoms with van der Waals surface area (Å²) in [5.74, 6) is 0. The van der Waals surface area contributed by atoms with Crippen molar-refractivity contribution < 1.29 is 9.84 Å². The lowest BCUT2D eigenvalue weighted by Gasteiger charge is -2.37. The molecule has 1 aliphatic carbocycles. The van der Waals surface area contributed by atoms with Gasteiger partial charge in [0.2, 0.25) is 0 Å². The lowest BCUT2D eigenvalue weighted by Crippen LogP contribution is -2.48. The molecule has 1 aliphatic heterocycles. The molecule has 1 unspecified atom stereocenters. The lowest BCUT2D eigenvalue weighted by atomic mass is 10.1. The zero-order valence-corrected chi connectivity index (χ0v) is 12.1. The highest BCUT2D eigenvalue weighted by molar-refractivity contribution is 5.55. The van der Waals surface area contributed by atoms with Crippen molar-refractivity contribution in [2.75, 3.05) is 31.3 Å². The molecule has 0 aromatic heterocycles. The van der Waals surface area contributed by atoms with Crippen LogP contribution >= 0.6 is 0 Å². The van der Waals surface area contributed by atoms with Crippen LogP contribution < -0.4 is 10.2 Å². The summed E-state index contributed by atoms with van der Waals surface area (Å²) >= 11 is 0. The molecule has 1 aromatic rings. The zero-order chi connectivity index (χ0) is 13.9. The van der Waals surface area contributed by atoms with E-state index in [-0.39, 0.29) is 12.6 Å². The van der Waals surface area contributed by atoms with Crippen molar-refractivity contribution in [2.45, 2.75) is 38.4 Å². The van der Waals surface area contributed by atoms with Crippen LogP contribution in [0.1, 0.15) is 24.0 Å². The Morgan fingerprint density at radius 2 is 2.25 bits per heavy atom. The summed E-state index contributed by atoms with van der Waals surface area (Å²) in [6, 6.07) is 7.47. The third-order valence-electron chi connectivity index (χ3n) is 4.18. The highest BCUT2D eigenvalue weighted by Gasteiger charge is 2.24. The Hall–Kier alpha value is -1.10. The van der Waals surface area contributed by atoms with Crippen molar-refractivity contribution in [3.8, 4) is 0 Å². The van der Waals surface area contributed by atoms with E-state index in [1.165, 1.54) is 29.7 Å². The number of nitrogens with zero attached hydrogens (tertiary/aromatic N) is 1. The van der Waals surface area contributed by atoms with Crippen molar-refractivity contribution in [2.24, 2.45) is 0 Å². The summed E-state index contributed by atoms with van der Waals surface area (Å²) in [6.07, 6.45) is 2.64. The Labute approximate surface area is 120 Å². The molecule has 4 nitrogen and oxygen atoms in total. The summed E-state index contributed by atoms with van der Waals surface area (Å²) < 4.78 is 5.45. The van der Waals surface area contributed by atoms with Gasteiger partial charge in [-0.2, -0.15) is 0 Å². The smallest absolute Gasteiger partial charge is 0.0755 e. The first kappa shape index (κ1) is 13.9. The van der Waals surface area contributed by atoms with Crippen LogP contribution in [-0.4, -0.2) is 43.6 Å². The average Bonchev–Trinajstić information content (AvgIpc) is 3.29. The molecule has 110 valence electrons. The molecule has 1 heterocycles. The number of rotatable bonds is 5. The van der Waals surface area contributed by atoms with Crippen molar-refractivity contribution >= 4 is 5.69 Å². The van der Waals surface area contributed by atoms with Gasteiger partial charge >= 0.3 is 0 Å². The molecule has 0 bridgehead atoms. The quantitative estimate of drug-likeness (QED) is 0.854. The van der Waals surface area contributed by atoms with E-state index in [2.05, 4.69) is 35.3 Å². The highest BCUT2D eigenvalue weighted by Crippen LogP contribution is 2.25. The first-order chi connectivity index (χ1) is 9.78. The fourth-order valence-corrected chi connectivity index (χ4v) is 2.82. The van der Waals surface area contributed by atoms with Gasteiger partial charge in [-0.15, -0.1) is 0 Å². The van der Waals surface area contributed by atoms with E-state index in [9.17, 15) is 5.11 Å². The molecule has 1 saturated carbocycles. The molecular formula is C16H24N2O2. The van der Waals surface area contributed by atoms with Crippen LogP contribution in [0.3, 0.4) is 0 Å². The maximum Gasteiger partial charge on any atom is 0.0755 e. The molecule has 2 aliphatic rings. The Bertz CT molecular complexity index is 460. The highest BCUT2D eigenvalue weighted by atomic mass is 16.5. The number of benzene rings is 1. The maximum absolute atomic E-state index is 9.49. The average molecular weight is 276 g/mol. The molecule has 0 spiro atoms. The predicted molar refractivity (Wildman–Crippen MR) is 80.1 cm³/mol. The monoisotopic (exact) mass is 276 g/mol. The molecule has 0 amide bonds. The van der Waals surface area contributed by atoms with E-state index in [0.717, 1.165) is 25.7 Å². The summed E-state index contributed by atoms with van der Waals surface area (Å²) in [5.41, 5.74) is 3.84. The Morgan fingerprint density at radius 3 is 2.95 bits per heavy atom. The number of morpholine rings is 1. The molecule has 2 fully saturated rings. The van der Waals surface area contributed by atoms with E-state index in [1.807, 2.05) is 0 Å². The minimum atomic E-state index is 0.0814. The van der Waals surface area contributed by atoms with Crippen LogP contribution in [-0.2, 0) is 11.3 Å². The molecule has 1 aromatic carbocycles. The standard InChI is InChI=1S/C16H24N2O2/c1-12-8-13(9-17-14-3-4-14)2-5-16(12)18-6-7-20-11-15(18)10-19/h2,5,8,14-15,17,19H,3-4,6-7,9-11H2,1H3. The van der Waals surface area contributed by atoms with Crippen LogP contribution in [0.5, 0.6) is 0 Å². The first-order valence-corrected chi connectivity index (χ1v) is 7.56. The molecule has 20 heavy (non-hydrogen) atoms. The van der Waals surface area contributed by atoms with Gasteiger partial charge in [-0.1, -0.05) is 12.1 Å². The zero-order valence-electron chi connectivity index (χ0n) is 12.1. The number of aryl methyl sites for hydroxylation is 1. The van der Waals surface area contributed by atoms with Crippen LogP contribution in [0, 0.1) is 6.92 Å². The fourth-order valence-electron chi connectivity index (χ4n) is 2.82. The van der Waals surface area contributed by atoms with Gasteiger partial charge in [0.25, 0.3) is 0 Å². The van der Waals surface area contributed by atoms with E-state index in [0.29, 0.717) is 6.61 Å². The molecule has 1 saturated heterocycles. The number of hydrogen-bond donors (Lipinski definition) is 2. The molecule has 0 radical (unpaired) electrons. The van der Waals surface area contributed by atoms with Crippen molar-refractivity contribution in [3.63, 3.8) is 0 Å². The third-order valence-corrected chi connectivity index (χ3v) is 4.18. The van der Waals surface area contributed by atoms with Gasteiger partial charge in [-0.05, 0) is 37.0 Å². The maximum atomic E-state index is 9.49. The van der Waals surface area contributed by atoms with Gasteiger partial charge in [0.05, 0.1) is 25.9 Å². The second-order valence-electron chi connectivity index (χ2n) is 5.88. The van der Waals surface area contributed by atoms with E-state index < -0.39 is 0 Å². The van der Waals surface area contributed by atoms with Crippen LogP contribution in [0.2, 0.25) is 0 Å². The van der Waals surface area contributed by atoms with Crippen LogP contribution in [0.4, 0.5) is 5.69 Å². The topological polar surface area (TPSA) is 44.7 Å². The second kappa shape index (κ2) is 6.12. The minimum absolute atomic E-state index is 0.0814. The largest absolute Gasteiger partial charge is 0.394 e. The minimum Gasteiger partial charge on any atom is -0.394 e. The van der Waals surface area contributed by atoms with E-state index in [1.54, 1.807) is 0 Å². The number of hydrogen-bond acceptors (Lipinski definition) is 4. The number of aliphatic hydroxyl groups excluding tert-OH is 1. The SMILES string of the molecule is Cc1cc(CNC2CC2)ccc1N1CCOCC1CO. The normalized spacial score (nSPS) is 23.1.